The Hall–Kier alpha value is -1.03. The fraction of sp³-hybridized carbons (Fsp3) is 0.750. The number of aryl methyl sites for hydroxylation is 2. The van der Waals surface area contributed by atoms with Crippen molar-refractivity contribution in [1.29, 1.82) is 0 Å². The van der Waals surface area contributed by atoms with Gasteiger partial charge < -0.3 is 15.1 Å². The van der Waals surface area contributed by atoms with Crippen LogP contribution in [0.4, 0.5) is 6.01 Å². The predicted octanol–water partition coefficient (Wildman–Crippen LogP) is 1.48. The molecule has 1 unspecified atom stereocenters. The number of nitrogens with zero attached hydrogens (tertiary/aromatic N) is 2. The molecule has 0 saturated carbocycles. The summed E-state index contributed by atoms with van der Waals surface area (Å²) in [5, 5.41) is 0. The normalized spacial score (nSPS) is 25.6. The monoisotopic (exact) mass is 221 g/mol. The van der Waals surface area contributed by atoms with Crippen molar-refractivity contribution in [2.75, 3.05) is 18.0 Å². The van der Waals surface area contributed by atoms with Crippen molar-refractivity contribution in [2.24, 2.45) is 5.73 Å². The van der Waals surface area contributed by atoms with Gasteiger partial charge in [-0.05, 0) is 32.1 Å². The van der Waals surface area contributed by atoms with E-state index in [9.17, 15) is 0 Å². The zero-order chi connectivity index (χ0) is 11.0. The fourth-order valence-electron chi connectivity index (χ4n) is 2.66. The second-order valence-electron chi connectivity index (χ2n) is 4.92. The van der Waals surface area contributed by atoms with E-state index in [0.717, 1.165) is 50.5 Å². The number of anilines is 1. The molecular formula is C12H19N3O. The van der Waals surface area contributed by atoms with Crippen molar-refractivity contribution < 1.29 is 4.42 Å². The number of hydrogen-bond acceptors (Lipinski definition) is 4. The zero-order valence-electron chi connectivity index (χ0n) is 9.61. The van der Waals surface area contributed by atoms with E-state index >= 15 is 0 Å². The van der Waals surface area contributed by atoms with Gasteiger partial charge in [0.1, 0.15) is 5.76 Å². The first-order valence-corrected chi connectivity index (χ1v) is 6.32. The number of piperidine rings is 1. The molecule has 0 bridgehead atoms. The van der Waals surface area contributed by atoms with E-state index in [1.165, 1.54) is 18.5 Å². The fourth-order valence-corrected chi connectivity index (χ4v) is 2.66. The van der Waals surface area contributed by atoms with E-state index in [2.05, 4.69) is 9.88 Å². The summed E-state index contributed by atoms with van der Waals surface area (Å²) in [5.74, 6) is 1.11. The highest BCUT2D eigenvalue weighted by molar-refractivity contribution is 5.32. The van der Waals surface area contributed by atoms with Crippen molar-refractivity contribution in [3.63, 3.8) is 0 Å². The summed E-state index contributed by atoms with van der Waals surface area (Å²) < 4.78 is 5.85. The number of fused-ring (bicyclic) bond motifs is 1. The Morgan fingerprint density at radius 2 is 2.12 bits per heavy atom. The minimum Gasteiger partial charge on any atom is -0.428 e. The maximum Gasteiger partial charge on any atom is 0.297 e. The largest absolute Gasteiger partial charge is 0.428 e. The SMILES string of the molecule is NC1CCCN(c2nc3c(o2)CCCC3)C1. The molecule has 16 heavy (non-hydrogen) atoms. The Kier molecular flexibility index (Phi) is 2.59. The lowest BCUT2D eigenvalue weighted by atomic mass is 10.0. The number of hydrogen-bond donors (Lipinski definition) is 1. The van der Waals surface area contributed by atoms with Crippen molar-refractivity contribution >= 4 is 6.01 Å². The van der Waals surface area contributed by atoms with Gasteiger partial charge in [-0.2, -0.15) is 4.98 Å². The predicted molar refractivity (Wildman–Crippen MR) is 62.6 cm³/mol. The topological polar surface area (TPSA) is 55.3 Å². The lowest BCUT2D eigenvalue weighted by Crippen LogP contribution is -2.43. The van der Waals surface area contributed by atoms with Gasteiger partial charge in [-0.25, -0.2) is 0 Å². The molecule has 1 aliphatic heterocycles. The maximum atomic E-state index is 5.97. The highest BCUT2D eigenvalue weighted by Crippen LogP contribution is 2.27. The standard InChI is InChI=1S/C12H19N3O/c13-9-4-3-7-15(8-9)12-14-10-5-1-2-6-11(10)16-12/h9H,1-8,13H2. The molecule has 1 aromatic rings. The Balaban J connectivity index is 1.80. The molecule has 4 heteroatoms. The second-order valence-corrected chi connectivity index (χ2v) is 4.92. The summed E-state index contributed by atoms with van der Waals surface area (Å²) in [6.07, 6.45) is 6.89. The van der Waals surface area contributed by atoms with Gasteiger partial charge in [0.05, 0.1) is 5.69 Å². The average molecular weight is 221 g/mol. The van der Waals surface area contributed by atoms with Crippen LogP contribution in [0.25, 0.3) is 0 Å². The van der Waals surface area contributed by atoms with E-state index < -0.39 is 0 Å². The highest BCUT2D eigenvalue weighted by atomic mass is 16.4. The number of aromatic nitrogens is 1. The summed E-state index contributed by atoms with van der Waals surface area (Å²) >= 11 is 0. The summed E-state index contributed by atoms with van der Waals surface area (Å²) in [7, 11) is 0. The molecule has 1 aromatic heterocycles. The molecule has 0 radical (unpaired) electrons. The van der Waals surface area contributed by atoms with Crippen LogP contribution in [0.3, 0.4) is 0 Å². The number of nitrogens with two attached hydrogens (primary N) is 1. The van der Waals surface area contributed by atoms with Gasteiger partial charge >= 0.3 is 0 Å². The van der Waals surface area contributed by atoms with Gasteiger partial charge in [0.15, 0.2) is 0 Å². The maximum absolute atomic E-state index is 5.97. The van der Waals surface area contributed by atoms with Crippen LogP contribution in [0.5, 0.6) is 0 Å². The molecule has 1 aliphatic carbocycles. The molecule has 0 spiro atoms. The summed E-state index contributed by atoms with van der Waals surface area (Å²) in [5.41, 5.74) is 7.15. The molecule has 2 heterocycles. The van der Waals surface area contributed by atoms with Gasteiger partial charge in [-0.3, -0.25) is 0 Å². The second kappa shape index (κ2) is 4.09. The van der Waals surface area contributed by atoms with Gasteiger partial charge in [-0.15, -0.1) is 0 Å². The summed E-state index contributed by atoms with van der Waals surface area (Å²) in [4.78, 5) is 6.81. The van der Waals surface area contributed by atoms with Crippen LogP contribution < -0.4 is 10.6 Å². The van der Waals surface area contributed by atoms with Crippen molar-refractivity contribution in [1.82, 2.24) is 4.98 Å². The van der Waals surface area contributed by atoms with Gasteiger partial charge in [-0.1, -0.05) is 0 Å². The lowest BCUT2D eigenvalue weighted by molar-refractivity contribution is 0.434. The zero-order valence-corrected chi connectivity index (χ0v) is 9.61. The highest BCUT2D eigenvalue weighted by Gasteiger charge is 2.24. The molecule has 1 atom stereocenters. The Bertz CT molecular complexity index is 351. The smallest absolute Gasteiger partial charge is 0.297 e. The minimum atomic E-state index is 0.276. The third kappa shape index (κ3) is 1.82. The first-order chi connectivity index (χ1) is 7.83. The molecule has 0 aromatic carbocycles. The van der Waals surface area contributed by atoms with E-state index in [4.69, 9.17) is 10.2 Å². The Morgan fingerprint density at radius 3 is 2.94 bits per heavy atom. The van der Waals surface area contributed by atoms with Crippen LogP contribution in [0.1, 0.15) is 37.1 Å². The molecule has 2 aliphatic rings. The molecule has 88 valence electrons. The summed E-state index contributed by atoms with van der Waals surface area (Å²) in [6, 6.07) is 1.08. The number of rotatable bonds is 1. The molecule has 3 rings (SSSR count). The minimum absolute atomic E-state index is 0.276. The van der Waals surface area contributed by atoms with Gasteiger partial charge in [0.2, 0.25) is 0 Å². The van der Waals surface area contributed by atoms with E-state index in [0.29, 0.717) is 0 Å². The quantitative estimate of drug-likeness (QED) is 0.780. The average Bonchev–Trinajstić information content (AvgIpc) is 2.72. The molecule has 1 fully saturated rings. The van der Waals surface area contributed by atoms with Crippen LogP contribution in [0, 0.1) is 0 Å². The number of oxazole rings is 1. The molecule has 0 amide bonds. The van der Waals surface area contributed by atoms with Crippen molar-refractivity contribution in [2.45, 2.75) is 44.6 Å². The Morgan fingerprint density at radius 1 is 1.25 bits per heavy atom. The Labute approximate surface area is 95.8 Å². The van der Waals surface area contributed by atoms with Crippen LogP contribution in [-0.4, -0.2) is 24.1 Å². The molecule has 4 nitrogen and oxygen atoms in total. The molecule has 2 N–H and O–H groups in total. The van der Waals surface area contributed by atoms with Crippen molar-refractivity contribution in [3.05, 3.63) is 11.5 Å². The van der Waals surface area contributed by atoms with Crippen LogP contribution in [0.15, 0.2) is 4.42 Å². The lowest BCUT2D eigenvalue weighted by Gasteiger charge is -2.29. The van der Waals surface area contributed by atoms with Crippen LogP contribution >= 0.6 is 0 Å². The van der Waals surface area contributed by atoms with Crippen LogP contribution in [0.2, 0.25) is 0 Å². The van der Waals surface area contributed by atoms with Gasteiger partial charge in [0.25, 0.3) is 6.01 Å². The van der Waals surface area contributed by atoms with Crippen LogP contribution in [-0.2, 0) is 12.8 Å². The summed E-state index contributed by atoms with van der Waals surface area (Å²) in [6.45, 7) is 1.92. The first-order valence-electron chi connectivity index (χ1n) is 6.32. The first kappa shape index (κ1) is 10.1. The third-order valence-corrected chi connectivity index (χ3v) is 3.56. The third-order valence-electron chi connectivity index (χ3n) is 3.56. The van der Waals surface area contributed by atoms with Gasteiger partial charge in [0, 0.05) is 25.6 Å². The van der Waals surface area contributed by atoms with E-state index in [-0.39, 0.29) is 6.04 Å². The molecule has 1 saturated heterocycles. The van der Waals surface area contributed by atoms with Crippen molar-refractivity contribution in [3.8, 4) is 0 Å². The van der Waals surface area contributed by atoms with E-state index in [1.807, 2.05) is 0 Å². The molecular weight excluding hydrogens is 202 g/mol. The van der Waals surface area contributed by atoms with E-state index in [1.54, 1.807) is 0 Å².